The Kier molecular flexibility index (Phi) is 4.16. The van der Waals surface area contributed by atoms with Gasteiger partial charge >= 0.3 is 0 Å². The first-order valence-corrected chi connectivity index (χ1v) is 6.91. The quantitative estimate of drug-likeness (QED) is 0.822. The van der Waals surface area contributed by atoms with Gasteiger partial charge in [-0.25, -0.2) is 4.98 Å². The van der Waals surface area contributed by atoms with Gasteiger partial charge in [0.05, 0.1) is 30.8 Å². The van der Waals surface area contributed by atoms with Gasteiger partial charge in [0.25, 0.3) is 0 Å². The molecule has 0 aliphatic heterocycles. The van der Waals surface area contributed by atoms with Gasteiger partial charge in [0.15, 0.2) is 0 Å². The maximum absolute atomic E-state index is 12.5. The predicted molar refractivity (Wildman–Crippen MR) is 70.7 cm³/mol. The molecule has 0 saturated carbocycles. The maximum atomic E-state index is 12.5. The molecule has 1 aromatic carbocycles. The molecule has 0 saturated heterocycles. The molecule has 6 nitrogen and oxygen atoms in total. The molecule has 7 heteroatoms. The zero-order chi connectivity index (χ0) is 13.8. The molecule has 1 aromatic heterocycles. The third-order valence-corrected chi connectivity index (χ3v) is 4.05. The van der Waals surface area contributed by atoms with Gasteiger partial charge < -0.3 is 9.47 Å². The van der Waals surface area contributed by atoms with E-state index in [0.717, 1.165) is 0 Å². The van der Waals surface area contributed by atoms with E-state index >= 15 is 0 Å². The summed E-state index contributed by atoms with van der Waals surface area (Å²) in [6.07, 6.45) is 1.44. The lowest BCUT2D eigenvalue weighted by atomic mass is 10.3. The van der Waals surface area contributed by atoms with E-state index in [-0.39, 0.29) is 5.75 Å². The van der Waals surface area contributed by atoms with E-state index < -0.39 is 10.8 Å². The number of methoxy groups -OCH3 is 2. The Labute approximate surface area is 113 Å². The van der Waals surface area contributed by atoms with Gasteiger partial charge in [0.1, 0.15) is 28.5 Å². The highest BCUT2D eigenvalue weighted by atomic mass is 32.2. The molecule has 0 bridgehead atoms. The summed E-state index contributed by atoms with van der Waals surface area (Å²) in [6, 6.07) is 5.31. The van der Waals surface area contributed by atoms with Crippen molar-refractivity contribution in [3.05, 3.63) is 30.4 Å². The summed E-state index contributed by atoms with van der Waals surface area (Å²) < 4.78 is 24.6. The Morgan fingerprint density at radius 2 is 1.89 bits per heavy atom. The molecule has 1 atom stereocenters. The fourth-order valence-corrected chi connectivity index (χ4v) is 3.07. The zero-order valence-corrected chi connectivity index (χ0v) is 11.8. The van der Waals surface area contributed by atoms with Crippen molar-refractivity contribution >= 4 is 10.8 Å². The number of ether oxygens (including phenoxy) is 2. The van der Waals surface area contributed by atoms with Gasteiger partial charge in [0, 0.05) is 7.05 Å². The summed E-state index contributed by atoms with van der Waals surface area (Å²) in [7, 11) is 3.52. The topological polar surface area (TPSA) is 66.2 Å². The van der Waals surface area contributed by atoms with Crippen molar-refractivity contribution in [3.8, 4) is 11.5 Å². The molecule has 0 unspecified atom stereocenters. The number of rotatable bonds is 5. The SMILES string of the molecule is COc1cccc(OC)c1[S@](=O)Cc1ncnn1C. The summed E-state index contributed by atoms with van der Waals surface area (Å²) in [5.74, 6) is 1.98. The van der Waals surface area contributed by atoms with Gasteiger partial charge in [-0.05, 0) is 12.1 Å². The molecule has 0 radical (unpaired) electrons. The molecule has 19 heavy (non-hydrogen) atoms. The van der Waals surface area contributed by atoms with Crippen LogP contribution < -0.4 is 9.47 Å². The van der Waals surface area contributed by atoms with E-state index in [2.05, 4.69) is 10.1 Å². The third kappa shape index (κ3) is 2.76. The van der Waals surface area contributed by atoms with Crippen LogP contribution in [0.1, 0.15) is 5.82 Å². The minimum atomic E-state index is -1.32. The number of hydrogen-bond donors (Lipinski definition) is 0. The van der Waals surface area contributed by atoms with E-state index in [4.69, 9.17) is 9.47 Å². The molecule has 1 heterocycles. The second-order valence-corrected chi connectivity index (χ2v) is 5.17. The Morgan fingerprint density at radius 3 is 2.37 bits per heavy atom. The molecule has 0 spiro atoms. The van der Waals surface area contributed by atoms with Crippen LogP contribution in [0.25, 0.3) is 0 Å². The Morgan fingerprint density at radius 1 is 1.26 bits per heavy atom. The van der Waals surface area contributed by atoms with Gasteiger partial charge in [-0.2, -0.15) is 5.10 Å². The normalized spacial score (nSPS) is 12.2. The molecular weight excluding hydrogens is 266 g/mol. The van der Waals surface area contributed by atoms with Crippen molar-refractivity contribution in [1.29, 1.82) is 0 Å². The lowest BCUT2D eigenvalue weighted by Crippen LogP contribution is -2.07. The van der Waals surface area contributed by atoms with Gasteiger partial charge in [-0.1, -0.05) is 6.07 Å². The van der Waals surface area contributed by atoms with Crippen LogP contribution in [0, 0.1) is 0 Å². The molecule has 102 valence electrons. The lowest BCUT2D eigenvalue weighted by molar-refractivity contribution is 0.375. The first-order valence-electron chi connectivity index (χ1n) is 5.59. The predicted octanol–water partition coefficient (Wildman–Crippen LogP) is 1.14. The van der Waals surface area contributed by atoms with Gasteiger partial charge in [-0.3, -0.25) is 8.89 Å². The maximum Gasteiger partial charge on any atom is 0.139 e. The first kappa shape index (κ1) is 13.5. The Balaban J connectivity index is 2.35. The summed E-state index contributed by atoms with van der Waals surface area (Å²) in [6.45, 7) is 0. The Hall–Kier alpha value is -1.89. The average Bonchev–Trinajstić information content (AvgIpc) is 2.83. The molecule has 0 N–H and O–H groups in total. The fourth-order valence-electron chi connectivity index (χ4n) is 1.68. The monoisotopic (exact) mass is 281 g/mol. The van der Waals surface area contributed by atoms with Gasteiger partial charge in [0.2, 0.25) is 0 Å². The highest BCUT2D eigenvalue weighted by Gasteiger charge is 2.18. The minimum absolute atomic E-state index is 0.257. The van der Waals surface area contributed by atoms with Crippen molar-refractivity contribution < 1.29 is 13.7 Å². The van der Waals surface area contributed by atoms with Crippen LogP contribution in [0.15, 0.2) is 29.4 Å². The largest absolute Gasteiger partial charge is 0.495 e. The van der Waals surface area contributed by atoms with Crippen molar-refractivity contribution in [2.75, 3.05) is 14.2 Å². The molecule has 2 aromatic rings. The van der Waals surface area contributed by atoms with E-state index in [1.165, 1.54) is 20.5 Å². The van der Waals surface area contributed by atoms with Crippen LogP contribution in [-0.2, 0) is 23.6 Å². The molecule has 2 rings (SSSR count). The van der Waals surface area contributed by atoms with E-state index in [0.29, 0.717) is 22.2 Å². The smallest absolute Gasteiger partial charge is 0.139 e. The number of aryl methyl sites for hydroxylation is 1. The number of hydrogen-bond acceptors (Lipinski definition) is 5. The molecule has 0 aliphatic rings. The highest BCUT2D eigenvalue weighted by Crippen LogP contribution is 2.32. The lowest BCUT2D eigenvalue weighted by Gasteiger charge is -2.12. The van der Waals surface area contributed by atoms with Crippen LogP contribution in [0.2, 0.25) is 0 Å². The summed E-state index contributed by atoms with van der Waals surface area (Å²) in [5.41, 5.74) is 0. The average molecular weight is 281 g/mol. The summed E-state index contributed by atoms with van der Waals surface area (Å²) in [5, 5.41) is 3.96. The van der Waals surface area contributed by atoms with E-state index in [1.54, 1.807) is 29.9 Å². The first-order chi connectivity index (χ1) is 9.17. The molecule has 0 amide bonds. The fraction of sp³-hybridized carbons (Fsp3) is 0.333. The van der Waals surface area contributed by atoms with Crippen LogP contribution >= 0.6 is 0 Å². The highest BCUT2D eigenvalue weighted by molar-refractivity contribution is 7.84. The number of benzene rings is 1. The Bertz CT molecular complexity index is 575. The number of aromatic nitrogens is 3. The van der Waals surface area contributed by atoms with Crippen LogP contribution in [0.5, 0.6) is 11.5 Å². The van der Waals surface area contributed by atoms with Gasteiger partial charge in [-0.15, -0.1) is 0 Å². The van der Waals surface area contributed by atoms with Crippen molar-refractivity contribution in [2.45, 2.75) is 10.6 Å². The third-order valence-electron chi connectivity index (χ3n) is 2.68. The number of nitrogens with zero attached hydrogens (tertiary/aromatic N) is 3. The van der Waals surface area contributed by atoms with E-state index in [9.17, 15) is 4.21 Å². The van der Waals surface area contributed by atoms with E-state index in [1.807, 2.05) is 0 Å². The zero-order valence-electron chi connectivity index (χ0n) is 11.0. The standard InChI is InChI=1S/C12H15N3O3S/c1-15-11(13-8-14-15)7-19(16)12-9(17-2)5-4-6-10(12)18-3/h4-6,8H,7H2,1-3H3/t19-/m1/s1. The van der Waals surface area contributed by atoms with Crippen LogP contribution in [-0.4, -0.2) is 33.2 Å². The molecule has 0 fully saturated rings. The second-order valence-electron chi connectivity index (χ2n) is 3.78. The van der Waals surface area contributed by atoms with Crippen molar-refractivity contribution in [3.63, 3.8) is 0 Å². The minimum Gasteiger partial charge on any atom is -0.495 e. The molecule has 0 aliphatic carbocycles. The van der Waals surface area contributed by atoms with Crippen LogP contribution in [0.3, 0.4) is 0 Å². The molecular formula is C12H15N3O3S. The van der Waals surface area contributed by atoms with Crippen molar-refractivity contribution in [2.24, 2.45) is 7.05 Å². The second kappa shape index (κ2) is 5.83. The summed E-state index contributed by atoms with van der Waals surface area (Å²) >= 11 is 0. The van der Waals surface area contributed by atoms with Crippen LogP contribution in [0.4, 0.5) is 0 Å². The van der Waals surface area contributed by atoms with Crippen molar-refractivity contribution in [1.82, 2.24) is 14.8 Å². The summed E-state index contributed by atoms with van der Waals surface area (Å²) in [4.78, 5) is 4.61.